The average Bonchev–Trinajstić information content (AvgIpc) is 2.61. The molecule has 0 unspecified atom stereocenters. The van der Waals surface area contributed by atoms with Gasteiger partial charge in [-0.3, -0.25) is 0 Å². The van der Waals surface area contributed by atoms with Crippen LogP contribution in [-0.2, 0) is 6.54 Å². The number of anilines is 1. The first-order valence-corrected chi connectivity index (χ1v) is 7.78. The first-order chi connectivity index (χ1) is 11.6. The van der Waals surface area contributed by atoms with Gasteiger partial charge in [-0.15, -0.1) is 0 Å². The lowest BCUT2D eigenvalue weighted by atomic mass is 10.0. The Morgan fingerprint density at radius 1 is 1.08 bits per heavy atom. The number of nitrogens with zero attached hydrogens (tertiary/aromatic N) is 1. The minimum absolute atomic E-state index is 0.144. The molecule has 0 bridgehead atoms. The molecule has 2 aromatic carbocycles. The van der Waals surface area contributed by atoms with Gasteiger partial charge in [-0.1, -0.05) is 54.1 Å². The maximum absolute atomic E-state index is 11.2. The lowest BCUT2D eigenvalue weighted by molar-refractivity contribution is 0.0696. The molecule has 0 aliphatic carbocycles. The fourth-order valence-corrected chi connectivity index (χ4v) is 2.48. The van der Waals surface area contributed by atoms with E-state index < -0.39 is 5.97 Å². The highest BCUT2D eigenvalue weighted by atomic mass is 35.5. The van der Waals surface area contributed by atoms with Gasteiger partial charge in [0.1, 0.15) is 5.82 Å². The molecule has 5 heteroatoms. The maximum Gasteiger partial charge on any atom is 0.337 e. The molecule has 0 amide bonds. The van der Waals surface area contributed by atoms with Crippen molar-refractivity contribution in [3.8, 4) is 11.1 Å². The molecule has 0 aliphatic rings. The van der Waals surface area contributed by atoms with E-state index in [2.05, 4.69) is 10.3 Å². The van der Waals surface area contributed by atoms with Crippen LogP contribution in [0.2, 0.25) is 5.02 Å². The number of pyridine rings is 1. The number of aromatic nitrogens is 1. The highest BCUT2D eigenvalue weighted by Crippen LogP contribution is 2.28. The Hall–Kier alpha value is -2.85. The first-order valence-electron chi connectivity index (χ1n) is 7.40. The summed E-state index contributed by atoms with van der Waals surface area (Å²) in [5.74, 6) is -0.376. The predicted octanol–water partition coefficient (Wildman–Crippen LogP) is 4.71. The zero-order valence-electron chi connectivity index (χ0n) is 12.7. The summed E-state index contributed by atoms with van der Waals surface area (Å²) in [7, 11) is 0. The summed E-state index contributed by atoms with van der Waals surface area (Å²) in [5.41, 5.74) is 2.84. The molecule has 3 aromatic rings. The van der Waals surface area contributed by atoms with Crippen LogP contribution in [0.3, 0.4) is 0 Å². The molecule has 1 heterocycles. The number of nitrogens with one attached hydrogen (secondary N) is 1. The SMILES string of the molecule is O=C(O)c1cnc(NCc2ccccc2)c(-c2ccc(Cl)cc2)c1. The van der Waals surface area contributed by atoms with Crippen molar-refractivity contribution in [3.63, 3.8) is 0 Å². The zero-order valence-corrected chi connectivity index (χ0v) is 13.5. The van der Waals surface area contributed by atoms with Gasteiger partial charge in [0.25, 0.3) is 0 Å². The van der Waals surface area contributed by atoms with Gasteiger partial charge in [0.2, 0.25) is 0 Å². The van der Waals surface area contributed by atoms with Crippen LogP contribution < -0.4 is 5.32 Å². The number of carboxylic acid groups (broad SMARTS) is 1. The van der Waals surface area contributed by atoms with Crippen LogP contribution in [0.5, 0.6) is 0 Å². The summed E-state index contributed by atoms with van der Waals surface area (Å²) in [5, 5.41) is 13.1. The molecule has 1 aromatic heterocycles. The highest BCUT2D eigenvalue weighted by molar-refractivity contribution is 6.30. The molecule has 4 nitrogen and oxygen atoms in total. The summed E-state index contributed by atoms with van der Waals surface area (Å²) >= 11 is 5.94. The van der Waals surface area contributed by atoms with E-state index in [4.69, 9.17) is 11.6 Å². The van der Waals surface area contributed by atoms with Crippen molar-refractivity contribution in [2.24, 2.45) is 0 Å². The summed E-state index contributed by atoms with van der Waals surface area (Å²) in [4.78, 5) is 15.5. The second-order valence-electron chi connectivity index (χ2n) is 5.27. The lowest BCUT2D eigenvalue weighted by Crippen LogP contribution is -2.05. The third-order valence-corrected chi connectivity index (χ3v) is 3.84. The second kappa shape index (κ2) is 7.15. The normalized spacial score (nSPS) is 10.4. The van der Waals surface area contributed by atoms with Gasteiger partial charge in [-0.2, -0.15) is 0 Å². The number of rotatable bonds is 5. The third-order valence-electron chi connectivity index (χ3n) is 3.59. The van der Waals surface area contributed by atoms with Gasteiger partial charge < -0.3 is 10.4 Å². The molecular formula is C19H15ClN2O2. The van der Waals surface area contributed by atoms with Gasteiger partial charge in [-0.05, 0) is 29.3 Å². The molecule has 120 valence electrons. The van der Waals surface area contributed by atoms with E-state index in [1.54, 1.807) is 18.2 Å². The van der Waals surface area contributed by atoms with Crippen LogP contribution in [0.4, 0.5) is 5.82 Å². The van der Waals surface area contributed by atoms with Crippen LogP contribution >= 0.6 is 11.6 Å². The van der Waals surface area contributed by atoms with Crippen molar-refractivity contribution in [3.05, 3.63) is 83.0 Å². The molecular weight excluding hydrogens is 324 g/mol. The summed E-state index contributed by atoms with van der Waals surface area (Å²) in [6, 6.07) is 18.8. The van der Waals surface area contributed by atoms with E-state index in [0.29, 0.717) is 17.4 Å². The van der Waals surface area contributed by atoms with E-state index in [1.165, 1.54) is 6.20 Å². The number of hydrogen-bond donors (Lipinski definition) is 2. The standard InChI is InChI=1S/C19H15ClN2O2/c20-16-8-6-14(7-9-16)17-10-15(19(23)24)12-22-18(17)21-11-13-4-2-1-3-5-13/h1-10,12H,11H2,(H,21,22)(H,23,24). The number of aromatic carboxylic acids is 1. The summed E-state index contributed by atoms with van der Waals surface area (Å²) in [6.07, 6.45) is 1.36. The average molecular weight is 339 g/mol. The van der Waals surface area contributed by atoms with E-state index in [-0.39, 0.29) is 5.56 Å². The van der Waals surface area contributed by atoms with Crippen molar-refractivity contribution < 1.29 is 9.90 Å². The monoisotopic (exact) mass is 338 g/mol. The Kier molecular flexibility index (Phi) is 4.77. The first kappa shape index (κ1) is 16.0. The van der Waals surface area contributed by atoms with Gasteiger partial charge in [0.05, 0.1) is 5.56 Å². The van der Waals surface area contributed by atoms with Gasteiger partial charge in [0, 0.05) is 23.3 Å². The largest absolute Gasteiger partial charge is 0.478 e. The number of halogens is 1. The van der Waals surface area contributed by atoms with Crippen LogP contribution in [0.25, 0.3) is 11.1 Å². The van der Waals surface area contributed by atoms with Crippen molar-refractivity contribution in [1.29, 1.82) is 0 Å². The molecule has 0 spiro atoms. The van der Waals surface area contributed by atoms with Crippen molar-refractivity contribution in [1.82, 2.24) is 4.98 Å². The van der Waals surface area contributed by atoms with Crippen LogP contribution in [0.1, 0.15) is 15.9 Å². The Bertz CT molecular complexity index is 849. The van der Waals surface area contributed by atoms with Crippen LogP contribution in [0.15, 0.2) is 66.9 Å². The Morgan fingerprint density at radius 3 is 2.46 bits per heavy atom. The lowest BCUT2D eigenvalue weighted by Gasteiger charge is -2.12. The smallest absolute Gasteiger partial charge is 0.337 e. The number of carboxylic acids is 1. The Labute approximate surface area is 144 Å². The second-order valence-corrected chi connectivity index (χ2v) is 5.71. The van der Waals surface area contributed by atoms with Crippen LogP contribution in [0, 0.1) is 0 Å². The highest BCUT2D eigenvalue weighted by Gasteiger charge is 2.12. The van der Waals surface area contributed by atoms with E-state index in [9.17, 15) is 9.90 Å². The van der Waals surface area contributed by atoms with Crippen molar-refractivity contribution in [2.45, 2.75) is 6.54 Å². The Morgan fingerprint density at radius 2 is 1.79 bits per heavy atom. The molecule has 0 saturated carbocycles. The summed E-state index contributed by atoms with van der Waals surface area (Å²) < 4.78 is 0. The van der Waals surface area contributed by atoms with E-state index in [1.807, 2.05) is 42.5 Å². The molecule has 0 atom stereocenters. The van der Waals surface area contributed by atoms with E-state index in [0.717, 1.165) is 16.7 Å². The van der Waals surface area contributed by atoms with Gasteiger partial charge in [0.15, 0.2) is 0 Å². The molecule has 0 saturated heterocycles. The topological polar surface area (TPSA) is 62.2 Å². The molecule has 2 N–H and O–H groups in total. The fourth-order valence-electron chi connectivity index (χ4n) is 2.35. The maximum atomic E-state index is 11.2. The third kappa shape index (κ3) is 3.73. The molecule has 24 heavy (non-hydrogen) atoms. The van der Waals surface area contributed by atoms with Crippen LogP contribution in [-0.4, -0.2) is 16.1 Å². The quantitative estimate of drug-likeness (QED) is 0.707. The minimum Gasteiger partial charge on any atom is -0.478 e. The van der Waals surface area contributed by atoms with E-state index >= 15 is 0 Å². The minimum atomic E-state index is -1.01. The van der Waals surface area contributed by atoms with Crippen molar-refractivity contribution >= 4 is 23.4 Å². The van der Waals surface area contributed by atoms with Crippen molar-refractivity contribution in [2.75, 3.05) is 5.32 Å². The number of carbonyl (C=O) groups is 1. The van der Waals surface area contributed by atoms with Gasteiger partial charge >= 0.3 is 5.97 Å². The molecule has 0 aliphatic heterocycles. The summed E-state index contributed by atoms with van der Waals surface area (Å²) in [6.45, 7) is 0.598. The van der Waals surface area contributed by atoms with Gasteiger partial charge in [-0.25, -0.2) is 9.78 Å². The molecule has 0 fully saturated rings. The zero-order chi connectivity index (χ0) is 16.9. The Balaban J connectivity index is 1.95. The fraction of sp³-hybridized carbons (Fsp3) is 0.0526. The molecule has 3 rings (SSSR count). The molecule has 0 radical (unpaired) electrons. The number of benzene rings is 2. The number of hydrogen-bond acceptors (Lipinski definition) is 3. The predicted molar refractivity (Wildman–Crippen MR) is 95.4 cm³/mol.